The van der Waals surface area contributed by atoms with Crippen molar-refractivity contribution in [3.05, 3.63) is 65.2 Å². The summed E-state index contributed by atoms with van der Waals surface area (Å²) < 4.78 is 5.65. The molecule has 0 spiro atoms. The number of rotatable bonds is 6. The van der Waals surface area contributed by atoms with E-state index in [-0.39, 0.29) is 0 Å². The van der Waals surface area contributed by atoms with Gasteiger partial charge in [-0.15, -0.1) is 0 Å². The molecule has 1 aliphatic rings. The van der Waals surface area contributed by atoms with Gasteiger partial charge in [0.15, 0.2) is 0 Å². The lowest BCUT2D eigenvalue weighted by molar-refractivity contribution is 0.131. The lowest BCUT2D eigenvalue weighted by Gasteiger charge is -2.33. The summed E-state index contributed by atoms with van der Waals surface area (Å²) in [6.07, 6.45) is 1.92. The van der Waals surface area contributed by atoms with E-state index in [1.807, 2.05) is 37.4 Å². The second-order valence-electron chi connectivity index (χ2n) is 6.43. The van der Waals surface area contributed by atoms with Crippen LogP contribution in [0.2, 0.25) is 0 Å². The summed E-state index contributed by atoms with van der Waals surface area (Å²) in [4.78, 5) is 2.49. The Morgan fingerprint density at radius 1 is 1.00 bits per heavy atom. The zero-order valence-electron chi connectivity index (χ0n) is 15.2. The van der Waals surface area contributed by atoms with Gasteiger partial charge in [-0.25, -0.2) is 0 Å². The van der Waals surface area contributed by atoms with Crippen molar-refractivity contribution < 1.29 is 4.74 Å². The van der Waals surface area contributed by atoms with Gasteiger partial charge in [-0.05, 0) is 31.5 Å². The summed E-state index contributed by atoms with van der Waals surface area (Å²) in [5.74, 6) is 0.895. The molecule has 0 aromatic heterocycles. The molecule has 0 N–H and O–H groups in total. The number of para-hydroxylation sites is 1. The minimum Gasteiger partial charge on any atom is -0.493 e. The van der Waals surface area contributed by atoms with E-state index in [0.717, 1.165) is 44.0 Å². The predicted octanol–water partition coefficient (Wildman–Crippen LogP) is 3.55. The second-order valence-corrected chi connectivity index (χ2v) is 6.43. The third-order valence-corrected chi connectivity index (χ3v) is 4.45. The van der Waals surface area contributed by atoms with E-state index in [1.54, 1.807) is 0 Å². The molecule has 0 bridgehead atoms. The molecule has 1 saturated heterocycles. The molecule has 0 atom stereocenters. The Morgan fingerprint density at radius 3 is 2.44 bits per heavy atom. The van der Waals surface area contributed by atoms with E-state index in [4.69, 9.17) is 4.74 Å². The van der Waals surface area contributed by atoms with Crippen molar-refractivity contribution in [1.82, 2.24) is 9.91 Å². The summed E-state index contributed by atoms with van der Waals surface area (Å²) in [6, 6.07) is 16.9. The minimum atomic E-state index is 0.669. The van der Waals surface area contributed by atoms with Crippen molar-refractivity contribution in [2.75, 3.05) is 32.8 Å². The van der Waals surface area contributed by atoms with Gasteiger partial charge in [-0.3, -0.25) is 9.91 Å². The molecular weight excluding hydrogens is 310 g/mol. The molecule has 1 fully saturated rings. The molecule has 1 heterocycles. The fraction of sp³-hybridized carbons (Fsp3) is 0.381. The molecule has 25 heavy (non-hydrogen) atoms. The number of benzene rings is 2. The second kappa shape index (κ2) is 8.67. The lowest BCUT2D eigenvalue weighted by Crippen LogP contribution is -2.43. The van der Waals surface area contributed by atoms with Gasteiger partial charge in [0.25, 0.3) is 0 Å². The van der Waals surface area contributed by atoms with E-state index >= 15 is 0 Å². The first-order chi connectivity index (χ1) is 12.2. The van der Waals surface area contributed by atoms with Gasteiger partial charge in [0.1, 0.15) is 5.75 Å². The predicted molar refractivity (Wildman–Crippen MR) is 103 cm³/mol. The smallest absolute Gasteiger partial charge is 0.128 e. The van der Waals surface area contributed by atoms with Gasteiger partial charge < -0.3 is 4.74 Å². The van der Waals surface area contributed by atoms with Crippen molar-refractivity contribution in [3.8, 4) is 5.75 Å². The normalized spacial score (nSPS) is 15.7. The lowest BCUT2D eigenvalue weighted by atomic mass is 10.1. The Labute approximate surface area is 150 Å². The van der Waals surface area contributed by atoms with Crippen molar-refractivity contribution >= 4 is 6.21 Å². The fourth-order valence-corrected chi connectivity index (χ4v) is 2.98. The van der Waals surface area contributed by atoms with Gasteiger partial charge in [-0.1, -0.05) is 42.0 Å². The Morgan fingerprint density at radius 2 is 1.72 bits per heavy atom. The molecule has 0 saturated carbocycles. The third kappa shape index (κ3) is 5.07. The highest BCUT2D eigenvalue weighted by atomic mass is 16.5. The summed E-state index contributed by atoms with van der Waals surface area (Å²) in [7, 11) is 0. The van der Waals surface area contributed by atoms with Gasteiger partial charge in [0.05, 0.1) is 12.8 Å². The highest BCUT2D eigenvalue weighted by Crippen LogP contribution is 2.16. The maximum absolute atomic E-state index is 5.65. The summed E-state index contributed by atoms with van der Waals surface area (Å²) >= 11 is 0. The SMILES string of the molecule is CCOc1ccccc1/C=N/N1CCN(Cc2ccc(C)cc2)CC1. The van der Waals surface area contributed by atoms with Crippen LogP contribution in [-0.4, -0.2) is 48.9 Å². The number of nitrogens with zero attached hydrogens (tertiary/aromatic N) is 3. The minimum absolute atomic E-state index is 0.669. The van der Waals surface area contributed by atoms with Crippen molar-refractivity contribution in [2.24, 2.45) is 5.10 Å². The number of piperazine rings is 1. The first kappa shape index (κ1) is 17.5. The van der Waals surface area contributed by atoms with Crippen LogP contribution in [0.1, 0.15) is 23.6 Å². The average Bonchev–Trinajstić information content (AvgIpc) is 2.64. The van der Waals surface area contributed by atoms with E-state index in [1.165, 1.54) is 11.1 Å². The number of ether oxygens (including phenoxy) is 1. The Bertz CT molecular complexity index is 689. The van der Waals surface area contributed by atoms with Crippen LogP contribution in [0.25, 0.3) is 0 Å². The molecule has 4 heteroatoms. The van der Waals surface area contributed by atoms with Gasteiger partial charge in [0.2, 0.25) is 0 Å². The van der Waals surface area contributed by atoms with Crippen molar-refractivity contribution in [3.63, 3.8) is 0 Å². The number of hydrogen-bond donors (Lipinski definition) is 0. The zero-order valence-corrected chi connectivity index (χ0v) is 15.2. The van der Waals surface area contributed by atoms with E-state index in [9.17, 15) is 0 Å². The van der Waals surface area contributed by atoms with E-state index in [0.29, 0.717) is 6.61 Å². The van der Waals surface area contributed by atoms with Crippen LogP contribution in [0.5, 0.6) is 5.75 Å². The van der Waals surface area contributed by atoms with Crippen LogP contribution < -0.4 is 4.74 Å². The monoisotopic (exact) mass is 337 g/mol. The molecule has 0 radical (unpaired) electrons. The van der Waals surface area contributed by atoms with Gasteiger partial charge >= 0.3 is 0 Å². The van der Waals surface area contributed by atoms with Crippen molar-refractivity contribution in [2.45, 2.75) is 20.4 Å². The van der Waals surface area contributed by atoms with Gasteiger partial charge in [-0.2, -0.15) is 5.10 Å². The van der Waals surface area contributed by atoms with Crippen LogP contribution in [0.4, 0.5) is 0 Å². The summed E-state index contributed by atoms with van der Waals surface area (Å²) in [5.41, 5.74) is 3.73. The molecule has 2 aromatic rings. The molecule has 3 rings (SSSR count). The Hall–Kier alpha value is -2.33. The van der Waals surface area contributed by atoms with Crippen LogP contribution in [0, 0.1) is 6.92 Å². The Balaban J connectivity index is 1.51. The fourth-order valence-electron chi connectivity index (χ4n) is 2.98. The first-order valence-electron chi connectivity index (χ1n) is 9.03. The average molecular weight is 337 g/mol. The molecule has 1 aliphatic heterocycles. The molecule has 4 nitrogen and oxygen atoms in total. The molecule has 0 amide bonds. The molecule has 132 valence electrons. The summed E-state index contributed by atoms with van der Waals surface area (Å²) in [6.45, 7) is 9.81. The van der Waals surface area contributed by atoms with Crippen LogP contribution in [0.15, 0.2) is 53.6 Å². The standard InChI is InChI=1S/C21H27N3O/c1-3-25-21-7-5-4-6-20(21)16-22-24-14-12-23(13-15-24)17-19-10-8-18(2)9-11-19/h4-11,16H,3,12-15,17H2,1-2H3/b22-16+. The zero-order chi connectivity index (χ0) is 17.5. The topological polar surface area (TPSA) is 28.1 Å². The highest BCUT2D eigenvalue weighted by molar-refractivity contribution is 5.83. The molecular formula is C21H27N3O. The molecule has 0 unspecified atom stereocenters. The summed E-state index contributed by atoms with van der Waals surface area (Å²) in [5, 5.41) is 6.80. The van der Waals surface area contributed by atoms with E-state index < -0.39 is 0 Å². The third-order valence-electron chi connectivity index (χ3n) is 4.45. The maximum atomic E-state index is 5.65. The van der Waals surface area contributed by atoms with Gasteiger partial charge in [0, 0.05) is 38.3 Å². The van der Waals surface area contributed by atoms with Crippen LogP contribution in [-0.2, 0) is 6.54 Å². The highest BCUT2D eigenvalue weighted by Gasteiger charge is 2.15. The molecule has 0 aliphatic carbocycles. The number of hydrogen-bond acceptors (Lipinski definition) is 4. The quantitative estimate of drug-likeness (QED) is 0.755. The van der Waals surface area contributed by atoms with Crippen LogP contribution >= 0.6 is 0 Å². The first-order valence-corrected chi connectivity index (χ1v) is 9.03. The van der Waals surface area contributed by atoms with E-state index in [2.05, 4.69) is 46.2 Å². The molecule has 2 aromatic carbocycles. The van der Waals surface area contributed by atoms with Crippen molar-refractivity contribution in [1.29, 1.82) is 0 Å². The number of aryl methyl sites for hydroxylation is 1. The Kier molecular flexibility index (Phi) is 6.07. The number of hydrazone groups is 1. The van der Waals surface area contributed by atoms with Crippen LogP contribution in [0.3, 0.4) is 0 Å². The maximum Gasteiger partial charge on any atom is 0.128 e. The largest absolute Gasteiger partial charge is 0.493 e.